The number of aromatic nitrogens is 1. The maximum Gasteiger partial charge on any atom is 0.379 e. The van der Waals surface area contributed by atoms with Crippen LogP contribution in [-0.4, -0.2) is 28.4 Å². The number of aliphatic hydroxyl groups excluding tert-OH is 1. The molecule has 0 aliphatic carbocycles. The van der Waals surface area contributed by atoms with Crippen molar-refractivity contribution in [3.8, 4) is 0 Å². The van der Waals surface area contributed by atoms with Gasteiger partial charge in [-0.3, -0.25) is 4.79 Å². The second-order valence-electron chi connectivity index (χ2n) is 2.96. The fourth-order valence-electron chi connectivity index (χ4n) is 1.04. The first-order valence-electron chi connectivity index (χ1n) is 4.79. The molecular weight excluding hydrogens is 246 g/mol. The Morgan fingerprint density at radius 2 is 2.29 bits per heavy atom. The van der Waals surface area contributed by atoms with E-state index in [1.807, 2.05) is 0 Å². The molecule has 0 aromatic carbocycles. The summed E-state index contributed by atoms with van der Waals surface area (Å²) in [6, 6.07) is 3.01. The van der Waals surface area contributed by atoms with E-state index in [4.69, 9.17) is 11.6 Å². The summed E-state index contributed by atoms with van der Waals surface area (Å²) >= 11 is 5.70. The molecule has 0 aliphatic rings. The summed E-state index contributed by atoms with van der Waals surface area (Å²) in [5.74, 6) is -2.41. The predicted octanol–water partition coefficient (Wildman–Crippen LogP) is 1.77. The first-order chi connectivity index (χ1) is 8.06. The van der Waals surface area contributed by atoms with Crippen LogP contribution in [0.5, 0.6) is 0 Å². The number of aliphatic hydroxyl groups is 1. The fraction of sp³-hybridized carbons (Fsp3) is 0.182. The Bertz CT molecular complexity index is 470. The molecule has 6 heteroatoms. The van der Waals surface area contributed by atoms with Crippen molar-refractivity contribution in [3.05, 3.63) is 35.1 Å². The van der Waals surface area contributed by atoms with Crippen molar-refractivity contribution in [3.63, 3.8) is 0 Å². The minimum Gasteiger partial charge on any atom is -0.507 e. The Kier molecular flexibility index (Phi) is 4.66. The standard InChI is InChI=1S/C11H10ClNO4/c1-2-17-11(16)9(15)6-8(14)7-4-3-5-13-10(7)12/h3-6,14H,2H2,1H3. The maximum atomic E-state index is 11.3. The van der Waals surface area contributed by atoms with E-state index in [0.29, 0.717) is 0 Å². The lowest BCUT2D eigenvalue weighted by atomic mass is 10.2. The van der Waals surface area contributed by atoms with Crippen LogP contribution in [0.15, 0.2) is 24.4 Å². The van der Waals surface area contributed by atoms with Crippen LogP contribution in [0.2, 0.25) is 5.15 Å². The van der Waals surface area contributed by atoms with Crippen molar-refractivity contribution in [1.82, 2.24) is 4.98 Å². The number of pyridine rings is 1. The van der Waals surface area contributed by atoms with Gasteiger partial charge < -0.3 is 9.84 Å². The lowest BCUT2D eigenvalue weighted by Crippen LogP contribution is -2.15. The maximum absolute atomic E-state index is 11.3. The summed E-state index contributed by atoms with van der Waals surface area (Å²) in [4.78, 5) is 26.0. The number of hydrogen-bond donors (Lipinski definition) is 1. The van der Waals surface area contributed by atoms with Crippen molar-refractivity contribution < 1.29 is 19.4 Å². The second-order valence-corrected chi connectivity index (χ2v) is 3.31. The van der Waals surface area contributed by atoms with Gasteiger partial charge in [-0.25, -0.2) is 9.78 Å². The van der Waals surface area contributed by atoms with E-state index >= 15 is 0 Å². The molecular formula is C11H10ClNO4. The smallest absolute Gasteiger partial charge is 0.379 e. The first-order valence-corrected chi connectivity index (χ1v) is 5.16. The fourth-order valence-corrected chi connectivity index (χ4v) is 1.26. The highest BCUT2D eigenvalue weighted by Gasteiger charge is 2.15. The molecule has 0 saturated heterocycles. The molecule has 1 heterocycles. The lowest BCUT2D eigenvalue weighted by Gasteiger charge is -2.01. The molecule has 5 nitrogen and oxygen atoms in total. The van der Waals surface area contributed by atoms with E-state index in [0.717, 1.165) is 6.08 Å². The average Bonchev–Trinajstić information content (AvgIpc) is 2.29. The van der Waals surface area contributed by atoms with Gasteiger partial charge >= 0.3 is 5.97 Å². The molecule has 0 spiro atoms. The third kappa shape index (κ3) is 3.57. The topological polar surface area (TPSA) is 76.5 Å². The third-order valence-corrected chi connectivity index (χ3v) is 2.08. The third-order valence-electron chi connectivity index (χ3n) is 1.78. The van der Waals surface area contributed by atoms with E-state index < -0.39 is 17.5 Å². The van der Waals surface area contributed by atoms with Crippen LogP contribution in [0.1, 0.15) is 12.5 Å². The molecule has 17 heavy (non-hydrogen) atoms. The molecule has 0 atom stereocenters. The number of hydrogen-bond acceptors (Lipinski definition) is 5. The molecule has 1 aromatic heterocycles. The molecule has 0 saturated carbocycles. The summed E-state index contributed by atoms with van der Waals surface area (Å²) in [5.41, 5.74) is 0.173. The molecule has 0 fully saturated rings. The zero-order valence-electron chi connectivity index (χ0n) is 9.01. The van der Waals surface area contributed by atoms with Crippen molar-refractivity contribution in [1.29, 1.82) is 0 Å². The van der Waals surface area contributed by atoms with Crippen LogP contribution in [0.25, 0.3) is 5.76 Å². The second kappa shape index (κ2) is 6.00. The van der Waals surface area contributed by atoms with Gasteiger partial charge in [0, 0.05) is 12.3 Å². The highest BCUT2D eigenvalue weighted by Crippen LogP contribution is 2.19. The van der Waals surface area contributed by atoms with Crippen LogP contribution in [0.4, 0.5) is 0 Å². The highest BCUT2D eigenvalue weighted by atomic mass is 35.5. The predicted molar refractivity (Wildman–Crippen MR) is 61.5 cm³/mol. The molecule has 0 radical (unpaired) electrons. The number of halogens is 1. The van der Waals surface area contributed by atoms with Gasteiger partial charge in [0.2, 0.25) is 0 Å². The minimum atomic E-state index is -1.03. The summed E-state index contributed by atoms with van der Waals surface area (Å²) < 4.78 is 4.48. The molecule has 1 aromatic rings. The number of rotatable bonds is 4. The van der Waals surface area contributed by atoms with Crippen LogP contribution < -0.4 is 0 Å². The Balaban J connectivity index is 2.90. The van der Waals surface area contributed by atoms with Gasteiger partial charge in [-0.15, -0.1) is 0 Å². The minimum absolute atomic E-state index is 0.0397. The number of carbonyl (C=O) groups excluding carboxylic acids is 2. The first kappa shape index (κ1) is 13.2. The van der Waals surface area contributed by atoms with Gasteiger partial charge in [0.1, 0.15) is 10.9 Å². The molecule has 1 rings (SSSR count). The van der Waals surface area contributed by atoms with Gasteiger partial charge in [-0.2, -0.15) is 0 Å². The monoisotopic (exact) mass is 255 g/mol. The molecule has 0 amide bonds. The van der Waals surface area contributed by atoms with Crippen LogP contribution in [0.3, 0.4) is 0 Å². The van der Waals surface area contributed by atoms with Gasteiger partial charge in [-0.1, -0.05) is 11.6 Å². The average molecular weight is 256 g/mol. The van der Waals surface area contributed by atoms with E-state index in [2.05, 4.69) is 9.72 Å². The lowest BCUT2D eigenvalue weighted by molar-refractivity contribution is -0.151. The van der Waals surface area contributed by atoms with Gasteiger partial charge in [0.15, 0.2) is 0 Å². The molecule has 0 bridgehead atoms. The van der Waals surface area contributed by atoms with Crippen LogP contribution >= 0.6 is 11.6 Å². The Morgan fingerprint density at radius 1 is 1.59 bits per heavy atom. The zero-order valence-corrected chi connectivity index (χ0v) is 9.77. The summed E-state index contributed by atoms with van der Waals surface area (Å²) in [6.45, 7) is 1.67. The van der Waals surface area contributed by atoms with Gasteiger partial charge in [-0.05, 0) is 19.1 Å². The van der Waals surface area contributed by atoms with Crippen molar-refractivity contribution >= 4 is 29.1 Å². The van der Waals surface area contributed by atoms with Crippen LogP contribution in [0, 0.1) is 0 Å². The summed E-state index contributed by atoms with van der Waals surface area (Å²) in [6.07, 6.45) is 2.19. The molecule has 0 unspecified atom stereocenters. The Morgan fingerprint density at radius 3 is 2.88 bits per heavy atom. The van der Waals surface area contributed by atoms with Crippen molar-refractivity contribution in [2.24, 2.45) is 0 Å². The largest absolute Gasteiger partial charge is 0.507 e. The van der Waals surface area contributed by atoms with Crippen molar-refractivity contribution in [2.45, 2.75) is 6.92 Å². The zero-order chi connectivity index (χ0) is 12.8. The molecule has 90 valence electrons. The SMILES string of the molecule is CCOC(=O)C(=O)C=C(O)c1cccnc1Cl. The van der Waals surface area contributed by atoms with E-state index in [1.54, 1.807) is 13.0 Å². The van der Waals surface area contributed by atoms with E-state index in [1.165, 1.54) is 12.3 Å². The van der Waals surface area contributed by atoms with E-state index in [-0.39, 0.29) is 17.3 Å². The molecule has 0 aliphatic heterocycles. The normalized spacial score (nSPS) is 11.1. The van der Waals surface area contributed by atoms with Gasteiger partial charge in [0.05, 0.1) is 12.2 Å². The van der Waals surface area contributed by atoms with E-state index in [9.17, 15) is 14.7 Å². The summed E-state index contributed by atoms with van der Waals surface area (Å²) in [7, 11) is 0. The Labute approximate surface area is 103 Å². The number of carbonyl (C=O) groups is 2. The highest BCUT2D eigenvalue weighted by molar-refractivity contribution is 6.39. The Hall–Kier alpha value is -1.88. The van der Waals surface area contributed by atoms with Crippen LogP contribution in [-0.2, 0) is 14.3 Å². The number of nitrogens with zero attached hydrogens (tertiary/aromatic N) is 1. The quantitative estimate of drug-likeness (QED) is 0.292. The number of ether oxygens (including phenoxy) is 1. The number of ketones is 1. The summed E-state index contributed by atoms with van der Waals surface area (Å²) in [5, 5.41) is 9.64. The molecule has 1 N–H and O–H groups in total. The van der Waals surface area contributed by atoms with Crippen molar-refractivity contribution in [2.75, 3.05) is 6.61 Å². The van der Waals surface area contributed by atoms with Gasteiger partial charge in [0.25, 0.3) is 5.78 Å². The number of esters is 1.